The van der Waals surface area contributed by atoms with E-state index in [4.69, 9.17) is 0 Å². The van der Waals surface area contributed by atoms with Crippen LogP contribution in [0.15, 0.2) is 48.5 Å². The molecule has 2 aromatic carbocycles. The molecule has 6 heteroatoms. The highest BCUT2D eigenvalue weighted by atomic mass is 19.1. The van der Waals surface area contributed by atoms with Crippen LogP contribution in [0.5, 0.6) is 0 Å². The molecule has 0 saturated carbocycles. The molecule has 0 aliphatic heterocycles. The zero-order valence-corrected chi connectivity index (χ0v) is 13.0. The van der Waals surface area contributed by atoms with E-state index in [1.54, 1.807) is 18.2 Å². The molecule has 5 nitrogen and oxygen atoms in total. The summed E-state index contributed by atoms with van der Waals surface area (Å²) in [5.41, 5.74) is 0.837. The number of carbonyl (C=O) groups is 3. The number of ether oxygens (including phenoxy) is 1. The van der Waals surface area contributed by atoms with Crippen LogP contribution in [-0.4, -0.2) is 24.8 Å². The van der Waals surface area contributed by atoms with Gasteiger partial charge in [0.05, 0.1) is 18.2 Å². The molecule has 1 N–H and O–H groups in total. The Bertz CT molecular complexity index is 756. The fraction of sp³-hybridized carbons (Fsp3) is 0.167. The fourth-order valence-corrected chi connectivity index (χ4v) is 2.08. The number of amides is 1. The molecule has 0 aromatic heterocycles. The molecule has 0 heterocycles. The smallest absolute Gasteiger partial charge is 0.337 e. The summed E-state index contributed by atoms with van der Waals surface area (Å²) in [5.74, 6) is -1.86. The number of Topliss-reactive ketones (excluding diaryl/α,β-unsaturated/α-hetero) is 1. The number of nitrogens with one attached hydrogen (secondary N) is 1. The summed E-state index contributed by atoms with van der Waals surface area (Å²) in [6, 6.07) is 11.8. The van der Waals surface area contributed by atoms with Gasteiger partial charge in [-0.1, -0.05) is 12.1 Å². The van der Waals surface area contributed by atoms with Crippen molar-refractivity contribution >= 4 is 23.3 Å². The number of ketones is 1. The summed E-state index contributed by atoms with van der Waals surface area (Å²) in [5, 5.41) is 2.61. The number of halogens is 1. The quantitative estimate of drug-likeness (QED) is 0.652. The van der Waals surface area contributed by atoms with Crippen molar-refractivity contribution in [3.05, 3.63) is 65.5 Å². The van der Waals surface area contributed by atoms with Crippen LogP contribution in [0.4, 0.5) is 10.1 Å². The third-order valence-corrected chi connectivity index (χ3v) is 3.34. The Hall–Kier alpha value is -3.02. The fourth-order valence-electron chi connectivity index (χ4n) is 2.08. The van der Waals surface area contributed by atoms with Crippen molar-refractivity contribution in [2.24, 2.45) is 0 Å². The molecular formula is C18H16FNO4. The Morgan fingerprint density at radius 2 is 1.67 bits per heavy atom. The highest BCUT2D eigenvalue weighted by Gasteiger charge is 2.13. The van der Waals surface area contributed by atoms with Crippen LogP contribution in [0.3, 0.4) is 0 Å². The Morgan fingerprint density at radius 3 is 2.29 bits per heavy atom. The summed E-state index contributed by atoms with van der Waals surface area (Å²) in [7, 11) is 1.28. The van der Waals surface area contributed by atoms with Gasteiger partial charge in [0.1, 0.15) is 5.82 Å². The van der Waals surface area contributed by atoms with E-state index in [9.17, 15) is 18.8 Å². The molecule has 0 aliphatic carbocycles. The predicted octanol–water partition coefficient (Wildman–Crippen LogP) is 3.21. The maximum absolute atomic E-state index is 13.5. The molecule has 24 heavy (non-hydrogen) atoms. The largest absolute Gasteiger partial charge is 0.465 e. The normalized spacial score (nSPS) is 10.1. The van der Waals surface area contributed by atoms with Gasteiger partial charge in [-0.25, -0.2) is 9.18 Å². The van der Waals surface area contributed by atoms with Crippen LogP contribution >= 0.6 is 0 Å². The van der Waals surface area contributed by atoms with Crippen molar-refractivity contribution in [3.63, 3.8) is 0 Å². The van der Waals surface area contributed by atoms with Crippen molar-refractivity contribution in [3.8, 4) is 0 Å². The van der Waals surface area contributed by atoms with E-state index in [1.165, 1.54) is 37.4 Å². The van der Waals surface area contributed by atoms with E-state index in [0.717, 1.165) is 0 Å². The average molecular weight is 329 g/mol. The van der Waals surface area contributed by atoms with E-state index in [0.29, 0.717) is 11.3 Å². The Morgan fingerprint density at radius 1 is 1.00 bits per heavy atom. The van der Waals surface area contributed by atoms with Crippen molar-refractivity contribution in [2.45, 2.75) is 12.8 Å². The maximum Gasteiger partial charge on any atom is 0.337 e. The number of methoxy groups -OCH3 is 1. The van der Waals surface area contributed by atoms with Gasteiger partial charge in [-0.15, -0.1) is 0 Å². The second kappa shape index (κ2) is 8.01. The maximum atomic E-state index is 13.5. The highest BCUT2D eigenvalue weighted by Crippen LogP contribution is 2.13. The standard InChI is InChI=1S/C18H16FNO4/c1-24-18(23)12-6-8-13(9-7-12)20-17(22)11-10-16(21)14-4-2-3-5-15(14)19/h2-9H,10-11H2,1H3,(H,20,22). The molecule has 0 bridgehead atoms. The number of hydrogen-bond acceptors (Lipinski definition) is 4. The number of rotatable bonds is 6. The minimum Gasteiger partial charge on any atom is -0.465 e. The number of benzene rings is 2. The van der Waals surface area contributed by atoms with Crippen LogP contribution in [-0.2, 0) is 9.53 Å². The topological polar surface area (TPSA) is 72.5 Å². The van der Waals surface area contributed by atoms with Crippen molar-refractivity contribution in [1.29, 1.82) is 0 Å². The summed E-state index contributed by atoms with van der Waals surface area (Å²) < 4.78 is 18.1. The zero-order chi connectivity index (χ0) is 17.5. The van der Waals surface area contributed by atoms with Gasteiger partial charge in [0.2, 0.25) is 5.91 Å². The van der Waals surface area contributed by atoms with Gasteiger partial charge in [-0.2, -0.15) is 0 Å². The Kier molecular flexibility index (Phi) is 5.78. The SMILES string of the molecule is COC(=O)c1ccc(NC(=O)CCC(=O)c2ccccc2F)cc1. The van der Waals surface area contributed by atoms with E-state index in [2.05, 4.69) is 10.1 Å². The van der Waals surface area contributed by atoms with Crippen LogP contribution in [0, 0.1) is 5.82 Å². The molecular weight excluding hydrogens is 313 g/mol. The number of hydrogen-bond donors (Lipinski definition) is 1. The number of carbonyl (C=O) groups excluding carboxylic acids is 3. The predicted molar refractivity (Wildman–Crippen MR) is 86.4 cm³/mol. The first kappa shape index (κ1) is 17.3. The molecule has 1 amide bonds. The monoisotopic (exact) mass is 329 g/mol. The second-order valence-electron chi connectivity index (χ2n) is 5.02. The molecule has 0 atom stereocenters. The molecule has 0 fully saturated rings. The van der Waals surface area contributed by atoms with Gasteiger partial charge in [-0.05, 0) is 36.4 Å². The van der Waals surface area contributed by atoms with Gasteiger partial charge in [0, 0.05) is 18.5 Å². The lowest BCUT2D eigenvalue weighted by atomic mass is 10.1. The summed E-state index contributed by atoms with van der Waals surface area (Å²) >= 11 is 0. The first-order valence-corrected chi connectivity index (χ1v) is 7.27. The van der Waals surface area contributed by atoms with Crippen molar-refractivity contribution < 1.29 is 23.5 Å². The molecule has 0 saturated heterocycles. The first-order chi connectivity index (χ1) is 11.5. The molecule has 2 aromatic rings. The average Bonchev–Trinajstić information content (AvgIpc) is 2.60. The van der Waals surface area contributed by atoms with Crippen LogP contribution in [0.1, 0.15) is 33.6 Å². The lowest BCUT2D eigenvalue weighted by molar-refractivity contribution is -0.116. The third kappa shape index (κ3) is 4.49. The summed E-state index contributed by atoms with van der Waals surface area (Å²) in [4.78, 5) is 35.1. The van der Waals surface area contributed by atoms with Gasteiger partial charge >= 0.3 is 5.97 Å². The summed E-state index contributed by atoms with van der Waals surface area (Å²) in [6.07, 6.45) is -0.154. The molecule has 124 valence electrons. The molecule has 2 rings (SSSR count). The number of esters is 1. The summed E-state index contributed by atoms with van der Waals surface area (Å²) in [6.45, 7) is 0. The van der Waals surface area contributed by atoms with Crippen LogP contribution < -0.4 is 5.32 Å². The lowest BCUT2D eigenvalue weighted by Gasteiger charge is -2.06. The van der Waals surface area contributed by atoms with E-state index in [1.807, 2.05) is 0 Å². The Labute approximate surface area is 138 Å². The van der Waals surface area contributed by atoms with Gasteiger partial charge in [0.15, 0.2) is 5.78 Å². The molecule has 0 aliphatic rings. The third-order valence-electron chi connectivity index (χ3n) is 3.34. The van der Waals surface area contributed by atoms with Gasteiger partial charge in [-0.3, -0.25) is 9.59 Å². The van der Waals surface area contributed by atoms with Crippen molar-refractivity contribution in [1.82, 2.24) is 0 Å². The lowest BCUT2D eigenvalue weighted by Crippen LogP contribution is -2.14. The molecule has 0 spiro atoms. The first-order valence-electron chi connectivity index (χ1n) is 7.27. The minimum absolute atomic E-state index is 0.0206. The van der Waals surface area contributed by atoms with Crippen molar-refractivity contribution in [2.75, 3.05) is 12.4 Å². The van der Waals surface area contributed by atoms with Gasteiger partial charge < -0.3 is 10.1 Å². The van der Waals surface area contributed by atoms with Crippen LogP contribution in [0.2, 0.25) is 0 Å². The Balaban J connectivity index is 1.88. The van der Waals surface area contributed by atoms with E-state index in [-0.39, 0.29) is 24.3 Å². The van der Waals surface area contributed by atoms with E-state index < -0.39 is 17.6 Å². The second-order valence-corrected chi connectivity index (χ2v) is 5.02. The molecule has 0 radical (unpaired) electrons. The van der Waals surface area contributed by atoms with E-state index >= 15 is 0 Å². The highest BCUT2D eigenvalue weighted by molar-refractivity contribution is 6.00. The number of anilines is 1. The molecule has 0 unspecified atom stereocenters. The van der Waals surface area contributed by atoms with Gasteiger partial charge in [0.25, 0.3) is 0 Å². The zero-order valence-electron chi connectivity index (χ0n) is 13.0. The minimum atomic E-state index is -0.596. The van der Waals surface area contributed by atoms with Crippen LogP contribution in [0.25, 0.3) is 0 Å².